The molecule has 1 aromatic rings. The lowest BCUT2D eigenvalue weighted by molar-refractivity contribution is 0.708. The number of hydrogen-bond donors (Lipinski definition) is 1. The smallest absolute Gasteiger partial charge is 0.134 e. The second-order valence-electron chi connectivity index (χ2n) is 3.90. The number of rotatable bonds is 6. The fourth-order valence-corrected chi connectivity index (χ4v) is 1.72. The van der Waals surface area contributed by atoms with Gasteiger partial charge in [0.2, 0.25) is 0 Å². The van der Waals surface area contributed by atoms with E-state index < -0.39 is 0 Å². The molecule has 0 aromatic carbocycles. The molecule has 4 heteroatoms. The molecule has 1 N–H and O–H groups in total. The van der Waals surface area contributed by atoms with Crippen molar-refractivity contribution in [3.05, 3.63) is 17.0 Å². The number of hydrogen-bond acceptors (Lipinski definition) is 3. The predicted molar refractivity (Wildman–Crippen MR) is 72.2 cm³/mol. The van der Waals surface area contributed by atoms with E-state index in [1.165, 1.54) is 0 Å². The molecule has 0 amide bonds. The van der Waals surface area contributed by atoms with Crippen LogP contribution in [0.5, 0.6) is 0 Å². The van der Waals surface area contributed by atoms with Crippen molar-refractivity contribution in [2.24, 2.45) is 0 Å². The van der Waals surface area contributed by atoms with Gasteiger partial charge in [0.25, 0.3) is 0 Å². The highest BCUT2D eigenvalue weighted by molar-refractivity contribution is 6.29. The Morgan fingerprint density at radius 2 is 2.24 bits per heavy atom. The monoisotopic (exact) mass is 251 g/mol. The molecular weight excluding hydrogens is 234 g/mol. The fraction of sp³-hybridized carbons (Fsp3) is 0.538. The van der Waals surface area contributed by atoms with E-state index in [4.69, 9.17) is 18.0 Å². The van der Waals surface area contributed by atoms with Gasteiger partial charge in [-0.15, -0.1) is 12.3 Å². The molecule has 0 aliphatic heterocycles. The topological polar surface area (TPSA) is 37.8 Å². The molecule has 1 aromatic heterocycles. The first kappa shape index (κ1) is 13.8. The van der Waals surface area contributed by atoms with Gasteiger partial charge in [-0.2, -0.15) is 0 Å². The normalized spacial score (nSPS) is 11.9. The van der Waals surface area contributed by atoms with E-state index in [9.17, 15) is 0 Å². The first-order chi connectivity index (χ1) is 8.19. The van der Waals surface area contributed by atoms with Crippen molar-refractivity contribution in [1.82, 2.24) is 9.97 Å². The molecule has 3 nitrogen and oxygen atoms in total. The van der Waals surface area contributed by atoms with Crippen LogP contribution in [0.25, 0.3) is 0 Å². The highest BCUT2D eigenvalue weighted by Crippen LogP contribution is 2.15. The second-order valence-corrected chi connectivity index (χ2v) is 4.29. The van der Waals surface area contributed by atoms with Gasteiger partial charge in [0.1, 0.15) is 16.8 Å². The molecule has 0 aliphatic rings. The van der Waals surface area contributed by atoms with Crippen molar-refractivity contribution in [2.75, 3.05) is 5.32 Å². The number of halogens is 1. The van der Waals surface area contributed by atoms with Gasteiger partial charge in [-0.1, -0.05) is 25.4 Å². The Hall–Kier alpha value is -1.27. The first-order valence-electron chi connectivity index (χ1n) is 5.93. The number of aromatic nitrogens is 2. The molecule has 0 saturated heterocycles. The first-order valence-corrected chi connectivity index (χ1v) is 6.30. The van der Waals surface area contributed by atoms with Crippen LogP contribution in [0, 0.1) is 12.3 Å². The zero-order valence-electron chi connectivity index (χ0n) is 10.3. The van der Waals surface area contributed by atoms with Crippen molar-refractivity contribution < 1.29 is 0 Å². The van der Waals surface area contributed by atoms with Crippen LogP contribution in [0.1, 0.15) is 38.9 Å². The highest BCUT2D eigenvalue weighted by Gasteiger charge is 2.07. The largest absolute Gasteiger partial charge is 0.366 e. The van der Waals surface area contributed by atoms with Gasteiger partial charge in [-0.3, -0.25) is 0 Å². The summed E-state index contributed by atoms with van der Waals surface area (Å²) in [6.07, 6.45) is 8.79. The molecule has 0 aliphatic carbocycles. The van der Waals surface area contributed by atoms with Crippen molar-refractivity contribution in [3.8, 4) is 12.3 Å². The minimum atomic E-state index is 0.237. The molecule has 1 rings (SSSR count). The van der Waals surface area contributed by atoms with Crippen LogP contribution >= 0.6 is 11.6 Å². The number of nitrogens with zero attached hydrogens (tertiary/aromatic N) is 2. The standard InChI is InChI=1S/C13H18ClN3/c1-4-7-10(6-3)15-13-9-11(14)16-12(17-13)8-5-2/h1,9-10H,5-8H2,2-3H3,(H,15,16,17). The second kappa shape index (κ2) is 7.13. The lowest BCUT2D eigenvalue weighted by atomic mass is 10.1. The third kappa shape index (κ3) is 4.62. The van der Waals surface area contributed by atoms with Gasteiger partial charge in [0.15, 0.2) is 0 Å². The van der Waals surface area contributed by atoms with Crippen LogP contribution in [0.3, 0.4) is 0 Å². The summed E-state index contributed by atoms with van der Waals surface area (Å²) in [5.74, 6) is 4.19. The van der Waals surface area contributed by atoms with Crippen LogP contribution in [0.4, 0.5) is 5.82 Å². The van der Waals surface area contributed by atoms with Gasteiger partial charge in [-0.05, 0) is 12.8 Å². The van der Waals surface area contributed by atoms with Crippen molar-refractivity contribution in [2.45, 2.75) is 45.6 Å². The number of anilines is 1. The van der Waals surface area contributed by atoms with Gasteiger partial charge in [-0.25, -0.2) is 9.97 Å². The third-order valence-corrected chi connectivity index (χ3v) is 2.62. The number of aryl methyl sites for hydroxylation is 1. The zero-order valence-corrected chi connectivity index (χ0v) is 11.1. The van der Waals surface area contributed by atoms with E-state index >= 15 is 0 Å². The molecule has 0 radical (unpaired) electrons. The van der Waals surface area contributed by atoms with Crippen LogP contribution in [-0.2, 0) is 6.42 Å². The Bertz CT molecular complexity index is 398. The minimum Gasteiger partial charge on any atom is -0.366 e. The Kier molecular flexibility index (Phi) is 5.79. The van der Waals surface area contributed by atoms with Gasteiger partial charge in [0.05, 0.1) is 0 Å². The van der Waals surface area contributed by atoms with E-state index in [0.717, 1.165) is 30.9 Å². The van der Waals surface area contributed by atoms with Crippen molar-refractivity contribution in [3.63, 3.8) is 0 Å². The quantitative estimate of drug-likeness (QED) is 0.623. The maximum Gasteiger partial charge on any atom is 0.134 e. The Morgan fingerprint density at radius 3 is 2.82 bits per heavy atom. The molecule has 92 valence electrons. The van der Waals surface area contributed by atoms with Crippen molar-refractivity contribution >= 4 is 17.4 Å². The van der Waals surface area contributed by atoms with E-state index in [2.05, 4.69) is 35.1 Å². The summed E-state index contributed by atoms with van der Waals surface area (Å²) in [6, 6.07) is 1.97. The lowest BCUT2D eigenvalue weighted by Crippen LogP contribution is -2.19. The summed E-state index contributed by atoms with van der Waals surface area (Å²) in [4.78, 5) is 8.59. The molecule has 0 saturated carbocycles. The molecule has 0 fully saturated rings. The maximum atomic E-state index is 5.96. The van der Waals surface area contributed by atoms with Crippen LogP contribution in [0.15, 0.2) is 6.07 Å². The summed E-state index contributed by atoms with van der Waals surface area (Å²) in [5.41, 5.74) is 0. The lowest BCUT2D eigenvalue weighted by Gasteiger charge is -2.15. The summed E-state index contributed by atoms with van der Waals surface area (Å²) >= 11 is 5.96. The molecule has 0 bridgehead atoms. The maximum absolute atomic E-state index is 5.96. The molecular formula is C13H18ClN3. The molecule has 0 spiro atoms. The number of nitrogens with one attached hydrogen (secondary N) is 1. The summed E-state index contributed by atoms with van der Waals surface area (Å²) in [6.45, 7) is 4.18. The summed E-state index contributed by atoms with van der Waals surface area (Å²) < 4.78 is 0. The summed E-state index contributed by atoms with van der Waals surface area (Å²) in [5, 5.41) is 3.76. The zero-order chi connectivity index (χ0) is 12.7. The fourth-order valence-electron chi connectivity index (χ4n) is 1.52. The predicted octanol–water partition coefficient (Wildman–Crippen LogP) is 3.30. The van der Waals surface area contributed by atoms with E-state index in [1.807, 2.05) is 0 Å². The summed E-state index contributed by atoms with van der Waals surface area (Å²) in [7, 11) is 0. The van der Waals surface area contributed by atoms with Gasteiger partial charge < -0.3 is 5.32 Å². The van der Waals surface area contributed by atoms with E-state index in [1.54, 1.807) is 6.07 Å². The Morgan fingerprint density at radius 1 is 1.47 bits per heavy atom. The molecule has 1 atom stereocenters. The Labute approximate surface area is 108 Å². The van der Waals surface area contributed by atoms with Gasteiger partial charge >= 0.3 is 0 Å². The van der Waals surface area contributed by atoms with Crippen LogP contribution < -0.4 is 5.32 Å². The Balaban J connectivity index is 2.79. The SMILES string of the molecule is C#CCC(CC)Nc1cc(Cl)nc(CCC)n1. The number of terminal acetylenes is 1. The molecule has 17 heavy (non-hydrogen) atoms. The average molecular weight is 252 g/mol. The minimum absolute atomic E-state index is 0.237. The van der Waals surface area contributed by atoms with Crippen molar-refractivity contribution in [1.29, 1.82) is 0 Å². The third-order valence-electron chi connectivity index (χ3n) is 2.42. The molecule has 1 heterocycles. The van der Waals surface area contributed by atoms with Crippen LogP contribution in [-0.4, -0.2) is 16.0 Å². The molecule has 1 unspecified atom stereocenters. The van der Waals surface area contributed by atoms with E-state index in [-0.39, 0.29) is 6.04 Å². The van der Waals surface area contributed by atoms with Crippen LogP contribution in [0.2, 0.25) is 5.15 Å². The highest BCUT2D eigenvalue weighted by atomic mass is 35.5. The average Bonchev–Trinajstić information content (AvgIpc) is 2.28. The van der Waals surface area contributed by atoms with E-state index in [0.29, 0.717) is 11.6 Å². The van der Waals surface area contributed by atoms with Gasteiger partial charge in [0, 0.05) is 24.9 Å².